The van der Waals surface area contributed by atoms with E-state index < -0.39 is 0 Å². The average molecular weight is 458 g/mol. The van der Waals surface area contributed by atoms with E-state index in [1.165, 1.54) is 22.9 Å². The molecule has 1 aliphatic rings. The third-order valence-corrected chi connectivity index (χ3v) is 6.71. The Morgan fingerprint density at radius 1 is 0.909 bits per heavy atom. The van der Waals surface area contributed by atoms with Crippen LogP contribution in [0.25, 0.3) is 22.9 Å². The first-order valence-electron chi connectivity index (χ1n) is 11.4. The van der Waals surface area contributed by atoms with Gasteiger partial charge in [0.05, 0.1) is 4.91 Å². The van der Waals surface area contributed by atoms with Crippen molar-refractivity contribution in [1.29, 1.82) is 0 Å². The number of nitrogens with zero attached hydrogens (tertiary/aromatic N) is 3. The van der Waals surface area contributed by atoms with Crippen LogP contribution < -0.4 is 0 Å². The lowest BCUT2D eigenvalue weighted by Crippen LogP contribution is -2.35. The molecule has 3 aromatic rings. The lowest BCUT2D eigenvalue weighted by atomic mass is 10.1. The summed E-state index contributed by atoms with van der Waals surface area (Å²) >= 11 is 1.48. The van der Waals surface area contributed by atoms with Crippen LogP contribution in [0.1, 0.15) is 44.6 Å². The first kappa shape index (κ1) is 23.1. The van der Waals surface area contributed by atoms with Gasteiger partial charge >= 0.3 is 0 Å². The molecule has 0 radical (unpaired) electrons. The highest BCUT2D eigenvalue weighted by Gasteiger charge is 2.35. The average Bonchev–Trinajstić information content (AvgIpc) is 3.23. The standard InChI is InChI=1S/C28H31N3OS/c1-18(2)29-28-30(19(3)4)27(32)26(33-28)17-24-16-20(5)31(21(24)6)25-14-12-23(13-15-25)22-10-8-7-9-11-22/h7-19H,1-6H3/b26-17-,29-28?. The fourth-order valence-electron chi connectivity index (χ4n) is 4.16. The van der Waals surface area contributed by atoms with Crippen LogP contribution in [0, 0.1) is 13.8 Å². The molecular formula is C28H31N3OS. The van der Waals surface area contributed by atoms with Gasteiger partial charge in [-0.05, 0) is 94.3 Å². The number of aliphatic imine (C=N–C) groups is 1. The summed E-state index contributed by atoms with van der Waals surface area (Å²) in [7, 11) is 0. The zero-order chi connectivity index (χ0) is 23.7. The van der Waals surface area contributed by atoms with Gasteiger partial charge in [-0.15, -0.1) is 0 Å². The molecule has 1 saturated heterocycles. The van der Waals surface area contributed by atoms with Crippen LogP contribution in [0.2, 0.25) is 0 Å². The Balaban J connectivity index is 1.67. The van der Waals surface area contributed by atoms with Gasteiger partial charge in [-0.2, -0.15) is 0 Å². The van der Waals surface area contributed by atoms with Gasteiger partial charge in [-0.3, -0.25) is 14.7 Å². The van der Waals surface area contributed by atoms with Gasteiger partial charge in [-0.1, -0.05) is 42.5 Å². The maximum absolute atomic E-state index is 13.1. The smallest absolute Gasteiger partial charge is 0.266 e. The Morgan fingerprint density at radius 3 is 2.15 bits per heavy atom. The van der Waals surface area contributed by atoms with Crippen LogP contribution in [-0.4, -0.2) is 32.6 Å². The van der Waals surface area contributed by atoms with Crippen molar-refractivity contribution in [2.75, 3.05) is 0 Å². The molecule has 4 nitrogen and oxygen atoms in total. The molecule has 0 spiro atoms. The third-order valence-electron chi connectivity index (χ3n) is 5.71. The van der Waals surface area contributed by atoms with Gasteiger partial charge in [0.25, 0.3) is 5.91 Å². The fraction of sp³-hybridized carbons (Fsp3) is 0.286. The summed E-state index contributed by atoms with van der Waals surface area (Å²) in [6, 6.07) is 21.4. The summed E-state index contributed by atoms with van der Waals surface area (Å²) in [5.74, 6) is 0.0337. The van der Waals surface area contributed by atoms with E-state index in [2.05, 4.69) is 78.0 Å². The lowest BCUT2D eigenvalue weighted by molar-refractivity contribution is -0.123. The van der Waals surface area contributed by atoms with Crippen LogP contribution in [0.4, 0.5) is 0 Å². The topological polar surface area (TPSA) is 37.6 Å². The molecule has 1 fully saturated rings. The summed E-state index contributed by atoms with van der Waals surface area (Å²) in [4.78, 5) is 20.4. The zero-order valence-corrected chi connectivity index (χ0v) is 21.0. The van der Waals surface area contributed by atoms with Crippen molar-refractivity contribution in [2.45, 2.75) is 53.6 Å². The maximum Gasteiger partial charge on any atom is 0.266 e. The van der Waals surface area contributed by atoms with Gasteiger partial charge in [0.15, 0.2) is 5.17 Å². The van der Waals surface area contributed by atoms with Gasteiger partial charge in [0.1, 0.15) is 0 Å². The van der Waals surface area contributed by atoms with Crippen LogP contribution in [0.15, 0.2) is 70.6 Å². The highest BCUT2D eigenvalue weighted by Crippen LogP contribution is 2.35. The van der Waals surface area contributed by atoms with E-state index in [9.17, 15) is 4.79 Å². The minimum Gasteiger partial charge on any atom is -0.318 e. The molecule has 4 rings (SSSR count). The maximum atomic E-state index is 13.1. The normalized spacial score (nSPS) is 16.7. The Kier molecular flexibility index (Phi) is 6.61. The zero-order valence-electron chi connectivity index (χ0n) is 20.2. The number of benzene rings is 2. The first-order chi connectivity index (χ1) is 15.8. The number of amidine groups is 1. The van der Waals surface area contributed by atoms with Crippen molar-refractivity contribution in [3.8, 4) is 16.8 Å². The van der Waals surface area contributed by atoms with Crippen molar-refractivity contribution < 1.29 is 4.79 Å². The second-order valence-corrected chi connectivity index (χ2v) is 9.97. The predicted octanol–water partition coefficient (Wildman–Crippen LogP) is 6.85. The number of carbonyl (C=O) groups excluding carboxylic acids is 1. The van der Waals surface area contributed by atoms with E-state index in [1.54, 1.807) is 4.90 Å². The second kappa shape index (κ2) is 9.44. The summed E-state index contributed by atoms with van der Waals surface area (Å²) in [5, 5.41) is 0.793. The predicted molar refractivity (Wildman–Crippen MR) is 141 cm³/mol. The summed E-state index contributed by atoms with van der Waals surface area (Å²) in [5.41, 5.74) is 6.84. The Bertz CT molecular complexity index is 1220. The highest BCUT2D eigenvalue weighted by molar-refractivity contribution is 8.18. The molecule has 1 aromatic heterocycles. The highest BCUT2D eigenvalue weighted by atomic mass is 32.2. The number of rotatable bonds is 5. The molecule has 170 valence electrons. The van der Waals surface area contributed by atoms with Crippen LogP contribution in [0.3, 0.4) is 0 Å². The minimum atomic E-state index is 0.0337. The quantitative estimate of drug-likeness (QED) is 0.393. The van der Waals surface area contributed by atoms with Gasteiger partial charge < -0.3 is 4.57 Å². The molecule has 33 heavy (non-hydrogen) atoms. The number of hydrogen-bond acceptors (Lipinski definition) is 3. The van der Waals surface area contributed by atoms with Crippen molar-refractivity contribution in [3.63, 3.8) is 0 Å². The van der Waals surface area contributed by atoms with Crippen LogP contribution >= 0.6 is 11.8 Å². The molecule has 0 unspecified atom stereocenters. The molecule has 5 heteroatoms. The van der Waals surface area contributed by atoms with E-state index in [-0.39, 0.29) is 18.0 Å². The summed E-state index contributed by atoms with van der Waals surface area (Å²) in [6.45, 7) is 12.3. The monoisotopic (exact) mass is 457 g/mol. The Hall–Kier alpha value is -3.05. The Labute approximate surface area is 201 Å². The molecule has 1 amide bonds. The first-order valence-corrected chi connectivity index (χ1v) is 12.2. The number of amides is 1. The van der Waals surface area contributed by atoms with E-state index in [4.69, 9.17) is 0 Å². The van der Waals surface area contributed by atoms with Crippen molar-refractivity contribution in [2.24, 2.45) is 4.99 Å². The van der Waals surface area contributed by atoms with Gasteiger partial charge in [0, 0.05) is 29.2 Å². The summed E-state index contributed by atoms with van der Waals surface area (Å²) in [6.07, 6.45) is 2.02. The van der Waals surface area contributed by atoms with E-state index in [0.29, 0.717) is 0 Å². The fourth-order valence-corrected chi connectivity index (χ4v) is 5.38. The van der Waals surface area contributed by atoms with Crippen molar-refractivity contribution >= 4 is 28.9 Å². The lowest BCUT2D eigenvalue weighted by Gasteiger charge is -2.20. The van der Waals surface area contributed by atoms with Gasteiger partial charge in [-0.25, -0.2) is 0 Å². The molecule has 2 aromatic carbocycles. The SMILES string of the molecule is Cc1cc(/C=C2\SC(=NC(C)C)N(C(C)C)C2=O)c(C)n1-c1ccc(-c2ccccc2)cc1. The second-order valence-electron chi connectivity index (χ2n) is 8.96. The largest absolute Gasteiger partial charge is 0.318 e. The number of aromatic nitrogens is 1. The Morgan fingerprint density at radius 2 is 1.55 bits per heavy atom. The number of carbonyl (C=O) groups is 1. The van der Waals surface area contributed by atoms with E-state index in [0.717, 1.165) is 32.7 Å². The van der Waals surface area contributed by atoms with Crippen LogP contribution in [-0.2, 0) is 4.79 Å². The minimum absolute atomic E-state index is 0.0337. The summed E-state index contributed by atoms with van der Waals surface area (Å²) < 4.78 is 2.24. The van der Waals surface area contributed by atoms with Crippen molar-refractivity contribution in [1.82, 2.24) is 9.47 Å². The number of aryl methyl sites for hydroxylation is 1. The number of hydrogen-bond donors (Lipinski definition) is 0. The number of thioether (sulfide) groups is 1. The molecular weight excluding hydrogens is 426 g/mol. The van der Waals surface area contributed by atoms with Gasteiger partial charge in [0.2, 0.25) is 0 Å². The molecule has 0 aliphatic carbocycles. The molecule has 2 heterocycles. The molecule has 0 bridgehead atoms. The molecule has 0 saturated carbocycles. The van der Waals surface area contributed by atoms with Crippen LogP contribution in [0.5, 0.6) is 0 Å². The third kappa shape index (κ3) is 4.69. The molecule has 0 atom stereocenters. The van der Waals surface area contributed by atoms with E-state index in [1.807, 2.05) is 39.8 Å². The molecule has 1 aliphatic heterocycles. The molecule has 0 N–H and O–H groups in total. The van der Waals surface area contributed by atoms with E-state index >= 15 is 0 Å². The van der Waals surface area contributed by atoms with Crippen molar-refractivity contribution in [3.05, 3.63) is 82.5 Å².